The minimum Gasteiger partial charge on any atom is -0.375 e. The zero-order valence-corrected chi connectivity index (χ0v) is 19.9. The summed E-state index contributed by atoms with van der Waals surface area (Å²) in [5, 5.41) is 6.45. The second-order valence-electron chi connectivity index (χ2n) is 7.85. The van der Waals surface area contributed by atoms with Gasteiger partial charge in [0.15, 0.2) is 5.11 Å². The molecule has 3 N–H and O–H groups in total. The Morgan fingerprint density at radius 1 is 1.19 bits per heavy atom. The van der Waals surface area contributed by atoms with Crippen LogP contribution in [0.3, 0.4) is 0 Å². The van der Waals surface area contributed by atoms with Crippen LogP contribution in [-0.2, 0) is 12.8 Å². The Balaban J connectivity index is 1.87. The standard InChI is InChI=1S/C24H22ClN5S2/c1-14(28-29-24(26)31)22-21(30-12-4-5-13-30)20-19(15-8-10-16(25)11-9-15)17-6-2-3-7-18(17)27-23(20)32-22/h4-5,8-13H,2-3,6-7H2,1H3,(H3,26,29,31)/b28-14+. The van der Waals surface area contributed by atoms with Crippen LogP contribution in [0.5, 0.6) is 0 Å². The highest BCUT2D eigenvalue weighted by Gasteiger charge is 2.26. The van der Waals surface area contributed by atoms with Crippen LogP contribution in [0, 0.1) is 0 Å². The highest BCUT2D eigenvalue weighted by Crippen LogP contribution is 2.44. The molecule has 0 fully saturated rings. The van der Waals surface area contributed by atoms with Gasteiger partial charge in [-0.05, 0) is 85.8 Å². The molecule has 162 valence electrons. The molecule has 1 aliphatic rings. The number of hydrogen-bond donors (Lipinski definition) is 2. The SMILES string of the molecule is C/C(=N\NC(N)=S)c1sc2nc3c(c(-c4ccc(Cl)cc4)c2c1-n1cccc1)CCCC3. The third-order valence-electron chi connectivity index (χ3n) is 5.75. The van der Waals surface area contributed by atoms with Gasteiger partial charge in [0.2, 0.25) is 0 Å². The van der Waals surface area contributed by atoms with Crippen LogP contribution in [0.2, 0.25) is 5.02 Å². The predicted molar refractivity (Wildman–Crippen MR) is 138 cm³/mol. The molecule has 3 heterocycles. The summed E-state index contributed by atoms with van der Waals surface area (Å²) in [6, 6.07) is 12.2. The van der Waals surface area contributed by atoms with E-state index in [0.29, 0.717) is 0 Å². The highest BCUT2D eigenvalue weighted by molar-refractivity contribution is 7.80. The van der Waals surface area contributed by atoms with Gasteiger partial charge in [0.1, 0.15) is 4.83 Å². The Hall–Kier alpha value is -2.74. The van der Waals surface area contributed by atoms with Crippen LogP contribution >= 0.6 is 35.2 Å². The minimum atomic E-state index is 0.142. The Morgan fingerprint density at radius 3 is 2.62 bits per heavy atom. The maximum atomic E-state index is 6.22. The lowest BCUT2D eigenvalue weighted by Gasteiger charge is -2.21. The monoisotopic (exact) mass is 479 g/mol. The molecule has 0 unspecified atom stereocenters. The van der Waals surface area contributed by atoms with E-state index in [4.69, 9.17) is 34.5 Å². The minimum absolute atomic E-state index is 0.142. The molecule has 5 nitrogen and oxygen atoms in total. The van der Waals surface area contributed by atoms with Gasteiger partial charge in [-0.15, -0.1) is 11.3 Å². The number of aromatic nitrogens is 2. The maximum Gasteiger partial charge on any atom is 0.184 e. The fourth-order valence-corrected chi connectivity index (χ4v) is 5.69. The van der Waals surface area contributed by atoms with E-state index in [1.807, 2.05) is 31.2 Å². The Morgan fingerprint density at radius 2 is 1.91 bits per heavy atom. The summed E-state index contributed by atoms with van der Waals surface area (Å²) in [6.07, 6.45) is 8.51. The molecule has 0 saturated heterocycles. The molecule has 0 atom stereocenters. The van der Waals surface area contributed by atoms with Crippen molar-refractivity contribution in [2.45, 2.75) is 32.6 Å². The quantitative estimate of drug-likeness (QED) is 0.219. The summed E-state index contributed by atoms with van der Waals surface area (Å²) in [5.74, 6) is 0. The van der Waals surface area contributed by atoms with E-state index in [-0.39, 0.29) is 5.11 Å². The largest absolute Gasteiger partial charge is 0.375 e. The first-order valence-corrected chi connectivity index (χ1v) is 12.1. The van der Waals surface area contributed by atoms with Crippen LogP contribution in [0.1, 0.15) is 35.9 Å². The van der Waals surface area contributed by atoms with E-state index in [0.717, 1.165) is 49.9 Å². The van der Waals surface area contributed by atoms with Crippen molar-refractivity contribution in [3.63, 3.8) is 0 Å². The number of benzene rings is 1. The smallest absolute Gasteiger partial charge is 0.184 e. The van der Waals surface area contributed by atoms with Crippen molar-refractivity contribution in [2.24, 2.45) is 10.8 Å². The number of halogens is 1. The molecular weight excluding hydrogens is 458 g/mol. The van der Waals surface area contributed by atoms with Gasteiger partial charge < -0.3 is 10.3 Å². The highest BCUT2D eigenvalue weighted by atomic mass is 35.5. The first-order valence-electron chi connectivity index (χ1n) is 10.5. The number of thiophene rings is 1. The molecule has 8 heteroatoms. The third kappa shape index (κ3) is 3.81. The predicted octanol–water partition coefficient (Wildman–Crippen LogP) is 5.84. The molecule has 1 aliphatic carbocycles. The third-order valence-corrected chi connectivity index (χ3v) is 7.27. The lowest BCUT2D eigenvalue weighted by molar-refractivity contribution is 0.673. The number of nitrogens with two attached hydrogens (primary N) is 1. The molecule has 32 heavy (non-hydrogen) atoms. The van der Waals surface area contributed by atoms with Crippen molar-refractivity contribution in [3.05, 3.63) is 69.9 Å². The first-order chi connectivity index (χ1) is 15.5. The molecule has 4 aromatic rings. The van der Waals surface area contributed by atoms with Crippen molar-refractivity contribution in [1.29, 1.82) is 0 Å². The average Bonchev–Trinajstić information content (AvgIpc) is 3.44. The number of hydrazone groups is 1. The fraction of sp³-hybridized carbons (Fsp3) is 0.208. The van der Waals surface area contributed by atoms with E-state index in [2.05, 4.69) is 39.6 Å². The van der Waals surface area contributed by atoms with Crippen LogP contribution in [-0.4, -0.2) is 20.4 Å². The zero-order chi connectivity index (χ0) is 22.2. The van der Waals surface area contributed by atoms with Crippen LogP contribution < -0.4 is 11.2 Å². The van der Waals surface area contributed by atoms with Crippen molar-refractivity contribution in [2.75, 3.05) is 0 Å². The van der Waals surface area contributed by atoms with Gasteiger partial charge in [0.05, 0.1) is 16.3 Å². The summed E-state index contributed by atoms with van der Waals surface area (Å²) in [7, 11) is 0. The molecule has 5 rings (SSSR count). The Bertz CT molecular complexity index is 1340. The zero-order valence-electron chi connectivity index (χ0n) is 17.6. The molecule has 0 saturated carbocycles. The molecular formula is C24H22ClN5S2. The summed E-state index contributed by atoms with van der Waals surface area (Å²) in [4.78, 5) is 7.19. The number of nitrogens with zero attached hydrogens (tertiary/aromatic N) is 3. The molecule has 0 amide bonds. The van der Waals surface area contributed by atoms with E-state index >= 15 is 0 Å². The van der Waals surface area contributed by atoms with Gasteiger partial charge in [0.25, 0.3) is 0 Å². The summed E-state index contributed by atoms with van der Waals surface area (Å²) < 4.78 is 2.14. The molecule has 0 aliphatic heterocycles. The summed E-state index contributed by atoms with van der Waals surface area (Å²) >= 11 is 12.8. The Labute approximate surface area is 200 Å². The summed E-state index contributed by atoms with van der Waals surface area (Å²) in [5.41, 5.74) is 15.2. The van der Waals surface area contributed by atoms with Crippen LogP contribution in [0.4, 0.5) is 0 Å². The molecule has 0 radical (unpaired) electrons. The van der Waals surface area contributed by atoms with Gasteiger partial charge in [-0.2, -0.15) is 5.10 Å². The van der Waals surface area contributed by atoms with E-state index < -0.39 is 0 Å². The number of aryl methyl sites for hydroxylation is 1. The molecule has 1 aromatic carbocycles. The Kier molecular flexibility index (Phi) is 5.71. The van der Waals surface area contributed by atoms with Crippen molar-refractivity contribution < 1.29 is 0 Å². The average molecular weight is 480 g/mol. The van der Waals surface area contributed by atoms with Gasteiger partial charge >= 0.3 is 0 Å². The lowest BCUT2D eigenvalue weighted by Crippen LogP contribution is -2.25. The van der Waals surface area contributed by atoms with E-state index in [9.17, 15) is 0 Å². The van der Waals surface area contributed by atoms with Crippen molar-refractivity contribution in [3.8, 4) is 16.8 Å². The number of thiocarbonyl (C=S) groups is 1. The topological polar surface area (TPSA) is 68.2 Å². The van der Waals surface area contributed by atoms with E-state index in [1.54, 1.807) is 11.3 Å². The van der Waals surface area contributed by atoms with Crippen LogP contribution in [0.25, 0.3) is 27.0 Å². The van der Waals surface area contributed by atoms with Gasteiger partial charge in [-0.1, -0.05) is 23.7 Å². The van der Waals surface area contributed by atoms with Gasteiger partial charge in [-0.3, -0.25) is 5.43 Å². The number of pyridine rings is 1. The summed E-state index contributed by atoms with van der Waals surface area (Å²) in [6.45, 7) is 1.96. The first kappa shape index (κ1) is 21.1. The van der Waals surface area contributed by atoms with E-state index in [1.165, 1.54) is 29.7 Å². The maximum absolute atomic E-state index is 6.22. The molecule has 0 bridgehead atoms. The van der Waals surface area contributed by atoms with Gasteiger partial charge in [0, 0.05) is 28.5 Å². The molecule has 0 spiro atoms. The van der Waals surface area contributed by atoms with Crippen molar-refractivity contribution in [1.82, 2.24) is 15.0 Å². The normalized spacial score (nSPS) is 13.9. The number of fused-ring (bicyclic) bond motifs is 2. The number of nitrogens with one attached hydrogen (secondary N) is 1. The number of hydrogen-bond acceptors (Lipinski definition) is 4. The van der Waals surface area contributed by atoms with Crippen LogP contribution in [0.15, 0.2) is 53.9 Å². The lowest BCUT2D eigenvalue weighted by atomic mass is 9.87. The number of rotatable bonds is 4. The van der Waals surface area contributed by atoms with Crippen molar-refractivity contribution >= 4 is 56.2 Å². The van der Waals surface area contributed by atoms with Gasteiger partial charge in [-0.25, -0.2) is 4.98 Å². The fourth-order valence-electron chi connectivity index (χ4n) is 4.37. The second-order valence-corrected chi connectivity index (χ2v) is 9.72. The second kappa shape index (κ2) is 8.65. The molecule has 3 aromatic heterocycles.